The van der Waals surface area contributed by atoms with Gasteiger partial charge in [0.25, 0.3) is 0 Å². The molecule has 0 aliphatic carbocycles. The van der Waals surface area contributed by atoms with Gasteiger partial charge in [-0.3, -0.25) is 4.79 Å². The number of carbonyl (C=O) groups excluding carboxylic acids is 2. The molecular weight excluding hydrogens is 310 g/mol. The fourth-order valence-electron chi connectivity index (χ4n) is 2.54. The monoisotopic (exact) mass is 339 g/mol. The van der Waals surface area contributed by atoms with Crippen molar-refractivity contribution in [2.45, 2.75) is 66.7 Å². The van der Waals surface area contributed by atoms with Gasteiger partial charge in [-0.05, 0) is 37.2 Å². The third-order valence-corrected chi connectivity index (χ3v) is 4.66. The van der Waals surface area contributed by atoms with Gasteiger partial charge in [-0.1, -0.05) is 34.6 Å². The highest BCUT2D eigenvalue weighted by atomic mass is 32.1. The molecule has 1 N–H and O–H groups in total. The summed E-state index contributed by atoms with van der Waals surface area (Å²) in [7, 11) is 0. The minimum Gasteiger partial charge on any atom is -0.462 e. The highest BCUT2D eigenvalue weighted by Crippen LogP contribution is 2.38. The Morgan fingerprint density at radius 1 is 1.30 bits per heavy atom. The van der Waals surface area contributed by atoms with Crippen LogP contribution in [0.3, 0.4) is 0 Å². The van der Waals surface area contributed by atoms with Crippen molar-refractivity contribution < 1.29 is 14.3 Å². The van der Waals surface area contributed by atoms with Crippen LogP contribution < -0.4 is 5.32 Å². The molecule has 1 aromatic heterocycles. The quantitative estimate of drug-likeness (QED) is 0.694. The van der Waals surface area contributed by atoms with E-state index in [0.717, 1.165) is 17.7 Å². The number of nitrogens with one attached hydrogen (secondary N) is 1. The summed E-state index contributed by atoms with van der Waals surface area (Å²) in [6.45, 7) is 12.8. The maximum atomic E-state index is 12.2. The van der Waals surface area contributed by atoms with Crippen LogP contribution >= 0.6 is 11.3 Å². The molecule has 0 aliphatic heterocycles. The molecule has 0 aromatic carbocycles. The molecule has 0 unspecified atom stereocenters. The van der Waals surface area contributed by atoms with Crippen molar-refractivity contribution in [3.63, 3.8) is 0 Å². The minimum atomic E-state index is -0.371. The number of hydrogen-bond acceptors (Lipinski definition) is 4. The fraction of sp³-hybridized carbons (Fsp3) is 0.667. The molecule has 4 nitrogen and oxygen atoms in total. The average Bonchev–Trinajstić information content (AvgIpc) is 2.81. The van der Waals surface area contributed by atoms with Crippen molar-refractivity contribution in [3.8, 4) is 0 Å². The van der Waals surface area contributed by atoms with Crippen LogP contribution in [0.25, 0.3) is 0 Å². The lowest BCUT2D eigenvalue weighted by atomic mass is 9.85. The Morgan fingerprint density at radius 2 is 1.96 bits per heavy atom. The first-order chi connectivity index (χ1) is 10.7. The van der Waals surface area contributed by atoms with Crippen LogP contribution in [0, 0.1) is 5.41 Å². The molecule has 1 amide bonds. The van der Waals surface area contributed by atoms with E-state index in [4.69, 9.17) is 4.74 Å². The normalized spacial score (nSPS) is 12.8. The Bertz CT molecular complexity index is 543. The molecular formula is C18H29NO3S. The highest BCUT2D eigenvalue weighted by molar-refractivity contribution is 7.16. The molecule has 5 heteroatoms. The second-order valence-corrected chi connectivity index (χ2v) is 8.16. The number of rotatable bonds is 7. The second-order valence-electron chi connectivity index (χ2n) is 7.08. The minimum absolute atomic E-state index is 0.0603. The third-order valence-electron chi connectivity index (χ3n) is 3.38. The molecule has 0 aliphatic rings. The van der Waals surface area contributed by atoms with E-state index in [0.29, 0.717) is 29.5 Å². The third kappa shape index (κ3) is 6.34. The van der Waals surface area contributed by atoms with E-state index in [9.17, 15) is 9.59 Å². The lowest BCUT2D eigenvalue weighted by molar-refractivity contribution is -0.116. The van der Waals surface area contributed by atoms with Gasteiger partial charge in [-0.15, -0.1) is 11.3 Å². The largest absolute Gasteiger partial charge is 0.462 e. The van der Waals surface area contributed by atoms with Gasteiger partial charge in [0.05, 0.1) is 12.2 Å². The van der Waals surface area contributed by atoms with Crippen LogP contribution in [0.5, 0.6) is 0 Å². The molecule has 1 rings (SSSR count). The number of hydrogen-bond donors (Lipinski definition) is 1. The Kier molecular flexibility index (Phi) is 7.26. The Balaban J connectivity index is 3.05. The van der Waals surface area contributed by atoms with Crippen molar-refractivity contribution >= 4 is 28.2 Å². The summed E-state index contributed by atoms with van der Waals surface area (Å²) >= 11 is 1.48. The van der Waals surface area contributed by atoms with Gasteiger partial charge in [-0.25, -0.2) is 4.79 Å². The van der Waals surface area contributed by atoms with Gasteiger partial charge < -0.3 is 10.1 Å². The topological polar surface area (TPSA) is 55.4 Å². The van der Waals surface area contributed by atoms with E-state index in [1.807, 2.05) is 13.0 Å². The molecule has 0 spiro atoms. The van der Waals surface area contributed by atoms with Crippen molar-refractivity contribution in [2.24, 2.45) is 5.41 Å². The molecule has 0 fully saturated rings. The van der Waals surface area contributed by atoms with Crippen molar-refractivity contribution in [2.75, 3.05) is 11.9 Å². The van der Waals surface area contributed by atoms with Crippen LogP contribution in [0.15, 0.2) is 6.07 Å². The Morgan fingerprint density at radius 3 is 2.48 bits per heavy atom. The van der Waals surface area contributed by atoms with E-state index >= 15 is 0 Å². The number of anilines is 1. The predicted molar refractivity (Wildman–Crippen MR) is 96.3 cm³/mol. The molecule has 23 heavy (non-hydrogen) atoms. The molecule has 130 valence electrons. The molecule has 1 heterocycles. The zero-order valence-corrected chi connectivity index (χ0v) is 15.9. The molecule has 0 radical (unpaired) electrons. The summed E-state index contributed by atoms with van der Waals surface area (Å²) in [5, 5.41) is 3.48. The highest BCUT2D eigenvalue weighted by Gasteiger charge is 2.23. The summed E-state index contributed by atoms with van der Waals surface area (Å²) in [5.74, 6) is -0.107. The number of esters is 1. The molecule has 0 saturated heterocycles. The van der Waals surface area contributed by atoms with Gasteiger partial charge in [0.15, 0.2) is 0 Å². The molecule has 1 atom stereocenters. The first-order valence-corrected chi connectivity index (χ1v) is 9.10. The fourth-order valence-corrected chi connectivity index (χ4v) is 3.66. The first kappa shape index (κ1) is 19.7. The maximum Gasteiger partial charge on any atom is 0.341 e. The van der Waals surface area contributed by atoms with E-state index in [2.05, 4.69) is 33.0 Å². The van der Waals surface area contributed by atoms with Crippen LogP contribution in [0.2, 0.25) is 0 Å². The summed E-state index contributed by atoms with van der Waals surface area (Å²) in [5.41, 5.74) is 0.677. The summed E-state index contributed by atoms with van der Waals surface area (Å²) in [6.07, 6.45) is 2.24. The van der Waals surface area contributed by atoms with E-state index in [1.165, 1.54) is 11.3 Å². The molecule has 1 aromatic rings. The maximum absolute atomic E-state index is 12.2. The van der Waals surface area contributed by atoms with E-state index in [1.54, 1.807) is 6.92 Å². The summed E-state index contributed by atoms with van der Waals surface area (Å²) < 4.78 is 5.12. The number of amides is 1. The smallest absolute Gasteiger partial charge is 0.341 e. The second kappa shape index (κ2) is 8.48. The molecule has 0 bridgehead atoms. The van der Waals surface area contributed by atoms with Gasteiger partial charge in [0, 0.05) is 11.3 Å². The van der Waals surface area contributed by atoms with Gasteiger partial charge >= 0.3 is 5.97 Å². The first-order valence-electron chi connectivity index (χ1n) is 8.28. The van der Waals surface area contributed by atoms with E-state index < -0.39 is 0 Å². The number of ether oxygens (including phenoxy) is 1. The van der Waals surface area contributed by atoms with Crippen LogP contribution in [0.1, 0.15) is 82.0 Å². The van der Waals surface area contributed by atoms with Crippen LogP contribution in [-0.2, 0) is 9.53 Å². The average molecular weight is 340 g/mol. The zero-order chi connectivity index (χ0) is 17.6. The van der Waals surface area contributed by atoms with Crippen LogP contribution in [0.4, 0.5) is 5.00 Å². The lowest BCUT2D eigenvalue weighted by Crippen LogP contribution is -2.13. The zero-order valence-electron chi connectivity index (χ0n) is 15.1. The molecule has 0 saturated carbocycles. The lowest BCUT2D eigenvalue weighted by Gasteiger charge is -2.22. The van der Waals surface area contributed by atoms with E-state index in [-0.39, 0.29) is 17.3 Å². The van der Waals surface area contributed by atoms with Gasteiger partial charge in [0.2, 0.25) is 5.91 Å². The predicted octanol–water partition coefficient (Wildman–Crippen LogP) is 5.20. The van der Waals surface area contributed by atoms with Gasteiger partial charge in [0.1, 0.15) is 5.00 Å². The summed E-state index contributed by atoms with van der Waals surface area (Å²) in [4.78, 5) is 25.2. The van der Waals surface area contributed by atoms with Gasteiger partial charge in [-0.2, -0.15) is 0 Å². The SMILES string of the molecule is CCCC(=O)Nc1sc([C@@H](C)CC(C)(C)C)cc1C(=O)OCC. The Hall–Kier alpha value is -1.36. The van der Waals surface area contributed by atoms with Crippen molar-refractivity contribution in [1.29, 1.82) is 0 Å². The number of thiophene rings is 1. The Labute approximate surface area is 143 Å². The van der Waals surface area contributed by atoms with Crippen molar-refractivity contribution in [3.05, 3.63) is 16.5 Å². The number of carbonyl (C=O) groups is 2. The van der Waals surface area contributed by atoms with Crippen molar-refractivity contribution in [1.82, 2.24) is 0 Å². The standard InChI is InChI=1S/C18H29NO3S/c1-7-9-15(20)19-16-13(17(21)22-8-2)10-14(23-16)12(3)11-18(4,5)6/h10,12H,7-9,11H2,1-6H3,(H,19,20)/t12-/m0/s1. The van der Waals surface area contributed by atoms with Crippen LogP contribution in [-0.4, -0.2) is 18.5 Å². The summed E-state index contributed by atoms with van der Waals surface area (Å²) in [6, 6.07) is 1.88.